The highest BCUT2D eigenvalue weighted by atomic mass is 16.5. The van der Waals surface area contributed by atoms with Crippen molar-refractivity contribution >= 4 is 25.1 Å². The van der Waals surface area contributed by atoms with E-state index in [1.54, 1.807) is 50.3 Å². The summed E-state index contributed by atoms with van der Waals surface area (Å²) in [6.07, 6.45) is 5.86. The Morgan fingerprint density at radius 2 is 0.893 bits per heavy atom. The Hall–Kier alpha value is -3.54. The Morgan fingerprint density at radius 3 is 1.14 bits per heavy atom. The van der Waals surface area contributed by atoms with Gasteiger partial charge in [-0.2, -0.15) is 0 Å². The summed E-state index contributed by atoms with van der Waals surface area (Å²) in [7, 11) is 0. The molecular formula is C22H20O6. The number of ether oxygens (including phenoxy) is 2. The van der Waals surface area contributed by atoms with Gasteiger partial charge < -0.3 is 9.47 Å². The van der Waals surface area contributed by atoms with E-state index in [0.29, 0.717) is 47.4 Å². The molecule has 0 radical (unpaired) electrons. The molecule has 0 aliphatic heterocycles. The second-order valence-electron chi connectivity index (χ2n) is 6.11. The van der Waals surface area contributed by atoms with Crippen LogP contribution in [0, 0.1) is 13.8 Å². The Kier molecular flexibility index (Phi) is 7.39. The van der Waals surface area contributed by atoms with Crippen molar-refractivity contribution in [2.75, 3.05) is 13.2 Å². The first-order chi connectivity index (χ1) is 13.5. The van der Waals surface area contributed by atoms with Crippen LogP contribution in [0.2, 0.25) is 0 Å². The van der Waals surface area contributed by atoms with Gasteiger partial charge in [-0.1, -0.05) is 0 Å². The van der Waals surface area contributed by atoms with Crippen molar-refractivity contribution in [3.63, 3.8) is 0 Å². The Bertz CT molecular complexity index is 793. The van der Waals surface area contributed by atoms with Crippen LogP contribution < -0.4 is 9.47 Å². The van der Waals surface area contributed by atoms with Crippen LogP contribution in [0.1, 0.15) is 52.6 Å². The van der Waals surface area contributed by atoms with Gasteiger partial charge in [0, 0.05) is 0 Å². The number of carbonyl (C=O) groups excluding carboxylic acids is 4. The van der Waals surface area contributed by atoms with E-state index in [-0.39, 0.29) is 24.7 Å². The maximum Gasteiger partial charge on any atom is 0.153 e. The fourth-order valence-electron chi connectivity index (χ4n) is 2.74. The quantitative estimate of drug-likeness (QED) is 0.463. The van der Waals surface area contributed by atoms with Crippen molar-refractivity contribution < 1.29 is 28.7 Å². The van der Waals surface area contributed by atoms with E-state index >= 15 is 0 Å². The van der Waals surface area contributed by atoms with Crippen LogP contribution in [0.5, 0.6) is 11.5 Å². The lowest BCUT2D eigenvalue weighted by atomic mass is 10.1. The van der Waals surface area contributed by atoms with Crippen molar-refractivity contribution in [3.8, 4) is 11.5 Å². The molecule has 0 aliphatic rings. The predicted molar refractivity (Wildman–Crippen MR) is 104 cm³/mol. The summed E-state index contributed by atoms with van der Waals surface area (Å²) in [4.78, 5) is 44.8. The van der Waals surface area contributed by atoms with Crippen molar-refractivity contribution in [1.29, 1.82) is 0 Å². The summed E-state index contributed by atoms with van der Waals surface area (Å²) >= 11 is 0. The first-order valence-corrected chi connectivity index (χ1v) is 8.54. The molecule has 0 saturated heterocycles. The average Bonchev–Trinajstić information content (AvgIpc) is 2.70. The highest BCUT2D eigenvalue weighted by Crippen LogP contribution is 2.24. The molecule has 0 fully saturated rings. The highest BCUT2D eigenvalue weighted by Gasteiger charge is 2.11. The number of benzene rings is 2. The zero-order chi connectivity index (χ0) is 20.5. The Morgan fingerprint density at radius 1 is 0.607 bits per heavy atom. The van der Waals surface area contributed by atoms with E-state index in [1.165, 1.54) is 0 Å². The largest absolute Gasteiger partial charge is 0.488 e. The number of hydrogen-bond acceptors (Lipinski definition) is 6. The van der Waals surface area contributed by atoms with Gasteiger partial charge in [-0.05, 0) is 61.4 Å². The van der Waals surface area contributed by atoms with Crippen molar-refractivity contribution in [2.24, 2.45) is 0 Å². The Balaban J connectivity index is 2.02. The van der Waals surface area contributed by atoms with E-state index in [4.69, 9.17) is 9.47 Å². The predicted octanol–water partition coefficient (Wildman–Crippen LogP) is 3.57. The molecule has 0 N–H and O–H groups in total. The van der Waals surface area contributed by atoms with Crippen LogP contribution in [0.3, 0.4) is 0 Å². The van der Waals surface area contributed by atoms with Gasteiger partial charge >= 0.3 is 0 Å². The zero-order valence-electron chi connectivity index (χ0n) is 15.6. The highest BCUT2D eigenvalue weighted by molar-refractivity contribution is 5.89. The minimum absolute atomic E-state index is 0.114. The number of rotatable bonds is 10. The minimum atomic E-state index is 0.114. The smallest absolute Gasteiger partial charge is 0.153 e. The third kappa shape index (κ3) is 5.01. The number of aryl methyl sites for hydroxylation is 2. The van der Waals surface area contributed by atoms with E-state index in [1.807, 2.05) is 0 Å². The van der Waals surface area contributed by atoms with Gasteiger partial charge in [-0.3, -0.25) is 19.2 Å². The third-order valence-corrected chi connectivity index (χ3v) is 3.90. The molecule has 0 amide bonds. The Labute approximate surface area is 162 Å². The fraction of sp³-hybridized carbons (Fsp3) is 0.182. The molecule has 2 aromatic carbocycles. The van der Waals surface area contributed by atoms with Gasteiger partial charge in [0.05, 0.1) is 22.3 Å². The summed E-state index contributed by atoms with van der Waals surface area (Å²) in [5.41, 5.74) is 2.79. The topological polar surface area (TPSA) is 86.7 Å². The zero-order valence-corrected chi connectivity index (χ0v) is 15.6. The van der Waals surface area contributed by atoms with Crippen LogP contribution in [-0.2, 0) is 0 Å². The van der Waals surface area contributed by atoms with Crippen LogP contribution in [0.15, 0.2) is 36.4 Å². The average molecular weight is 380 g/mol. The minimum Gasteiger partial charge on any atom is -0.488 e. The van der Waals surface area contributed by atoms with Gasteiger partial charge in [0.25, 0.3) is 0 Å². The van der Waals surface area contributed by atoms with Crippen LogP contribution in [0.4, 0.5) is 0 Å². The molecule has 0 saturated carbocycles. The van der Waals surface area contributed by atoms with Crippen molar-refractivity contribution in [3.05, 3.63) is 69.8 Å². The SMILES string of the molecule is Cc1cc(C=O)c(OCC=CCOc2c(C=O)cc(C)cc2C=O)c(C=O)c1. The maximum atomic E-state index is 11.2. The number of aldehydes is 4. The molecule has 144 valence electrons. The number of hydrogen-bond donors (Lipinski definition) is 0. The molecule has 0 aliphatic carbocycles. The summed E-state index contributed by atoms with van der Waals surface area (Å²) in [6.45, 7) is 3.80. The third-order valence-electron chi connectivity index (χ3n) is 3.90. The molecule has 0 atom stereocenters. The lowest BCUT2D eigenvalue weighted by molar-refractivity contribution is 0.110. The lowest BCUT2D eigenvalue weighted by Gasteiger charge is -2.11. The van der Waals surface area contributed by atoms with Gasteiger partial charge in [-0.25, -0.2) is 0 Å². The van der Waals surface area contributed by atoms with E-state index in [2.05, 4.69) is 0 Å². The molecule has 6 nitrogen and oxygen atoms in total. The molecule has 0 aromatic heterocycles. The summed E-state index contributed by atoms with van der Waals surface area (Å²) < 4.78 is 11.1. The van der Waals surface area contributed by atoms with Crippen LogP contribution in [-0.4, -0.2) is 38.4 Å². The van der Waals surface area contributed by atoms with Crippen LogP contribution >= 0.6 is 0 Å². The monoisotopic (exact) mass is 380 g/mol. The van der Waals surface area contributed by atoms with Crippen molar-refractivity contribution in [2.45, 2.75) is 13.8 Å². The first kappa shape index (κ1) is 20.8. The van der Waals surface area contributed by atoms with E-state index in [9.17, 15) is 19.2 Å². The lowest BCUT2D eigenvalue weighted by Crippen LogP contribution is -2.04. The molecule has 0 spiro atoms. The second-order valence-corrected chi connectivity index (χ2v) is 6.11. The molecule has 2 aromatic rings. The molecular weight excluding hydrogens is 360 g/mol. The molecule has 6 heteroatoms. The van der Waals surface area contributed by atoms with Gasteiger partial charge in [0.2, 0.25) is 0 Å². The molecule has 0 unspecified atom stereocenters. The molecule has 2 rings (SSSR count). The van der Waals surface area contributed by atoms with Gasteiger partial charge in [-0.15, -0.1) is 0 Å². The standard InChI is InChI=1S/C22H20O6/c1-15-7-17(11-23)21(18(8-15)12-24)27-5-3-4-6-28-22-19(13-25)9-16(2)10-20(22)14-26/h3-4,7-14H,5-6H2,1-2H3. The number of carbonyl (C=O) groups is 4. The summed E-state index contributed by atoms with van der Waals surface area (Å²) in [6, 6.07) is 6.56. The van der Waals surface area contributed by atoms with Gasteiger partial charge in [0.15, 0.2) is 25.1 Å². The van der Waals surface area contributed by atoms with E-state index < -0.39 is 0 Å². The fourth-order valence-corrected chi connectivity index (χ4v) is 2.74. The van der Waals surface area contributed by atoms with E-state index in [0.717, 1.165) is 11.1 Å². The maximum absolute atomic E-state index is 11.2. The first-order valence-electron chi connectivity index (χ1n) is 8.54. The molecule has 0 heterocycles. The van der Waals surface area contributed by atoms with Crippen molar-refractivity contribution in [1.82, 2.24) is 0 Å². The molecule has 28 heavy (non-hydrogen) atoms. The van der Waals surface area contributed by atoms with Gasteiger partial charge in [0.1, 0.15) is 24.7 Å². The summed E-state index contributed by atoms with van der Waals surface area (Å²) in [5.74, 6) is 0.456. The summed E-state index contributed by atoms with van der Waals surface area (Å²) in [5, 5.41) is 0. The normalized spacial score (nSPS) is 10.5. The van der Waals surface area contributed by atoms with Crippen LogP contribution in [0.25, 0.3) is 0 Å². The second kappa shape index (κ2) is 9.97. The molecule has 0 bridgehead atoms.